The summed E-state index contributed by atoms with van der Waals surface area (Å²) in [6.45, 7) is 4.77. The van der Waals surface area contributed by atoms with Gasteiger partial charge in [-0.05, 0) is 98.2 Å². The van der Waals surface area contributed by atoms with E-state index in [1.54, 1.807) is 0 Å². The van der Waals surface area contributed by atoms with E-state index >= 15 is 0 Å². The zero-order chi connectivity index (χ0) is 36.0. The maximum Gasteiger partial charge on any atom is 0.0890 e. The van der Waals surface area contributed by atoms with Gasteiger partial charge in [0.25, 0.3) is 0 Å². The van der Waals surface area contributed by atoms with Gasteiger partial charge in [-0.15, -0.1) is 22.7 Å². The van der Waals surface area contributed by atoms with Crippen molar-refractivity contribution in [3.63, 3.8) is 0 Å². The summed E-state index contributed by atoms with van der Waals surface area (Å²) in [4.78, 5) is 2.49. The van der Waals surface area contributed by atoms with Gasteiger partial charge >= 0.3 is 0 Å². The van der Waals surface area contributed by atoms with Crippen LogP contribution in [0.15, 0.2) is 176 Å². The van der Waals surface area contributed by atoms with Crippen LogP contribution in [0.25, 0.3) is 73.7 Å². The Kier molecular flexibility index (Phi) is 7.01. The van der Waals surface area contributed by atoms with Gasteiger partial charge < -0.3 is 4.90 Å². The smallest absolute Gasteiger partial charge is 0.0890 e. The summed E-state index contributed by atoms with van der Waals surface area (Å²) in [6, 6.07) is 65.2. The normalized spacial score (nSPS) is 13.1. The SMILES string of the molecule is CC1(C)c2ccccc2-c2c1cc(-c1ccccc1N(c1cccc(-c3ccccc3)c1)c1ccc3sc4sc5ccccc5c4c3c1)c1ccccc21. The molecule has 0 fully saturated rings. The Labute approximate surface area is 323 Å². The molecule has 10 aromatic rings. The summed E-state index contributed by atoms with van der Waals surface area (Å²) in [5.41, 5.74) is 13.7. The first-order chi connectivity index (χ1) is 26.5. The van der Waals surface area contributed by atoms with Crippen LogP contribution < -0.4 is 4.90 Å². The molecule has 0 N–H and O–H groups in total. The van der Waals surface area contributed by atoms with Crippen molar-refractivity contribution in [1.29, 1.82) is 0 Å². The first-order valence-electron chi connectivity index (χ1n) is 18.6. The fourth-order valence-electron chi connectivity index (χ4n) is 8.94. The highest BCUT2D eigenvalue weighted by Crippen LogP contribution is 2.54. The molecular formula is C51H35NS2. The summed E-state index contributed by atoms with van der Waals surface area (Å²) >= 11 is 3.81. The highest BCUT2D eigenvalue weighted by Gasteiger charge is 2.37. The van der Waals surface area contributed by atoms with Gasteiger partial charge in [-0.1, -0.05) is 141 Å². The first-order valence-corrected chi connectivity index (χ1v) is 20.2. The van der Waals surface area contributed by atoms with Crippen molar-refractivity contribution in [3.8, 4) is 33.4 Å². The molecule has 0 bridgehead atoms. The zero-order valence-corrected chi connectivity index (χ0v) is 31.6. The zero-order valence-electron chi connectivity index (χ0n) is 30.0. The molecule has 0 aliphatic heterocycles. The molecule has 0 amide bonds. The molecule has 3 heteroatoms. The summed E-state index contributed by atoms with van der Waals surface area (Å²) in [5.74, 6) is 0. The Bertz CT molecular complexity index is 3090. The first kappa shape index (κ1) is 31.5. The molecule has 0 unspecified atom stereocenters. The van der Waals surface area contributed by atoms with Gasteiger partial charge in [-0.3, -0.25) is 0 Å². The lowest BCUT2D eigenvalue weighted by Gasteiger charge is -2.29. The number of hydrogen-bond acceptors (Lipinski definition) is 3. The molecule has 0 saturated heterocycles. The third kappa shape index (κ3) is 4.69. The van der Waals surface area contributed by atoms with E-state index in [4.69, 9.17) is 0 Å². The van der Waals surface area contributed by atoms with Crippen LogP contribution in [0, 0.1) is 0 Å². The number of nitrogens with zero attached hydrogens (tertiary/aromatic N) is 1. The van der Waals surface area contributed by atoms with Crippen LogP contribution in [0.4, 0.5) is 17.1 Å². The molecule has 0 spiro atoms. The molecule has 2 heterocycles. The van der Waals surface area contributed by atoms with Crippen molar-refractivity contribution in [2.45, 2.75) is 19.3 Å². The lowest BCUT2D eigenvalue weighted by molar-refractivity contribution is 0.661. The van der Waals surface area contributed by atoms with Crippen molar-refractivity contribution >= 4 is 80.1 Å². The Hall–Kier alpha value is -6.00. The molecule has 1 aliphatic carbocycles. The summed E-state index contributed by atoms with van der Waals surface area (Å²) in [5, 5.41) is 6.60. The van der Waals surface area contributed by atoms with Gasteiger partial charge in [0.2, 0.25) is 0 Å². The summed E-state index contributed by atoms with van der Waals surface area (Å²) in [7, 11) is 0. The van der Waals surface area contributed by atoms with E-state index in [1.807, 2.05) is 22.7 Å². The second kappa shape index (κ2) is 12.0. The van der Waals surface area contributed by atoms with Crippen molar-refractivity contribution in [1.82, 2.24) is 0 Å². The van der Waals surface area contributed by atoms with Crippen molar-refractivity contribution in [2.75, 3.05) is 4.90 Å². The second-order valence-electron chi connectivity index (χ2n) is 14.9. The van der Waals surface area contributed by atoms with Gasteiger partial charge in [0.05, 0.1) is 9.70 Å². The summed E-state index contributed by atoms with van der Waals surface area (Å²) in [6.07, 6.45) is 0. The van der Waals surface area contributed by atoms with E-state index < -0.39 is 0 Å². The van der Waals surface area contributed by atoms with Crippen LogP contribution in [-0.4, -0.2) is 0 Å². The Morgan fingerprint density at radius 3 is 1.93 bits per heavy atom. The van der Waals surface area contributed by atoms with Crippen LogP contribution in [0.1, 0.15) is 25.0 Å². The van der Waals surface area contributed by atoms with E-state index in [0.29, 0.717) is 0 Å². The van der Waals surface area contributed by atoms with E-state index in [0.717, 1.165) is 17.1 Å². The Balaban J connectivity index is 1.19. The molecule has 0 radical (unpaired) electrons. The highest BCUT2D eigenvalue weighted by molar-refractivity contribution is 7.44. The molecule has 256 valence electrons. The quantitative estimate of drug-likeness (QED) is 0.171. The molecule has 2 aromatic heterocycles. The monoisotopic (exact) mass is 725 g/mol. The van der Waals surface area contributed by atoms with Crippen molar-refractivity contribution in [2.24, 2.45) is 0 Å². The van der Waals surface area contributed by atoms with Crippen molar-refractivity contribution < 1.29 is 0 Å². The maximum atomic E-state index is 2.50. The lowest BCUT2D eigenvalue weighted by atomic mass is 9.80. The van der Waals surface area contributed by atoms with Crippen LogP contribution >= 0.6 is 22.7 Å². The number of hydrogen-bond donors (Lipinski definition) is 0. The van der Waals surface area contributed by atoms with Gasteiger partial charge in [-0.25, -0.2) is 0 Å². The minimum atomic E-state index is -0.123. The Morgan fingerprint density at radius 1 is 0.426 bits per heavy atom. The molecule has 1 nitrogen and oxygen atoms in total. The summed E-state index contributed by atoms with van der Waals surface area (Å²) < 4.78 is 4.05. The molecular weight excluding hydrogens is 691 g/mol. The average molecular weight is 726 g/mol. The lowest BCUT2D eigenvalue weighted by Crippen LogP contribution is -2.15. The third-order valence-electron chi connectivity index (χ3n) is 11.5. The predicted molar refractivity (Wildman–Crippen MR) is 235 cm³/mol. The number of para-hydroxylation sites is 1. The molecule has 54 heavy (non-hydrogen) atoms. The van der Waals surface area contributed by atoms with Gasteiger partial charge in [-0.2, -0.15) is 0 Å². The fourth-order valence-corrected chi connectivity index (χ4v) is 11.5. The number of rotatable bonds is 5. The largest absolute Gasteiger partial charge is 0.310 e. The topological polar surface area (TPSA) is 3.24 Å². The third-order valence-corrected chi connectivity index (χ3v) is 13.9. The molecule has 0 saturated carbocycles. The predicted octanol–water partition coefficient (Wildman–Crippen LogP) is 15.5. The van der Waals surface area contributed by atoms with Crippen LogP contribution in [0.2, 0.25) is 0 Å². The fraction of sp³-hybridized carbons (Fsp3) is 0.0588. The maximum absolute atomic E-state index is 2.50. The van der Waals surface area contributed by atoms with Crippen LogP contribution in [0.5, 0.6) is 0 Å². The number of thiophene rings is 2. The number of benzene rings is 8. The molecule has 1 aliphatic rings. The van der Waals surface area contributed by atoms with Gasteiger partial charge in [0.1, 0.15) is 0 Å². The van der Waals surface area contributed by atoms with E-state index in [9.17, 15) is 0 Å². The van der Waals surface area contributed by atoms with Crippen molar-refractivity contribution in [3.05, 3.63) is 187 Å². The van der Waals surface area contributed by atoms with Crippen LogP contribution in [-0.2, 0) is 5.41 Å². The van der Waals surface area contributed by atoms with E-state index in [1.165, 1.54) is 84.9 Å². The van der Waals surface area contributed by atoms with Gasteiger partial charge in [0.15, 0.2) is 0 Å². The highest BCUT2D eigenvalue weighted by atomic mass is 32.2. The Morgan fingerprint density at radius 2 is 1.07 bits per heavy atom. The van der Waals surface area contributed by atoms with E-state index in [2.05, 4.69) is 195 Å². The molecule has 11 rings (SSSR count). The number of anilines is 3. The molecule has 8 aromatic carbocycles. The minimum absolute atomic E-state index is 0.123. The standard InChI is InChI=1S/C51H35NS2/c1-51(2)43-24-11-8-22-39(43)48-38-21-7-6-19-36(38)41(31-44(48)51)37-20-9-12-25-45(37)52(34-18-14-17-33(29-34)32-15-4-3-5-16-32)35-27-28-47-42(30-35)49-40-23-10-13-26-46(40)53-50(49)54-47/h3-31H,1-2H3. The van der Waals surface area contributed by atoms with Gasteiger partial charge in [0, 0.05) is 47.9 Å². The second-order valence-corrected chi connectivity index (χ2v) is 17.2. The van der Waals surface area contributed by atoms with E-state index in [-0.39, 0.29) is 5.41 Å². The average Bonchev–Trinajstić information content (AvgIpc) is 3.84. The minimum Gasteiger partial charge on any atom is -0.310 e. The molecule has 0 atom stereocenters. The van der Waals surface area contributed by atoms with Crippen LogP contribution in [0.3, 0.4) is 0 Å². The number of fused-ring (bicyclic) bond motifs is 10.